The van der Waals surface area contributed by atoms with Crippen LogP contribution in [-0.4, -0.2) is 55.8 Å². The van der Waals surface area contributed by atoms with Crippen molar-refractivity contribution in [2.24, 2.45) is 4.99 Å². The zero-order chi connectivity index (χ0) is 21.6. The number of rotatable bonds is 7. The smallest absolute Gasteiger partial charge is 0.274 e. The Labute approximate surface area is 184 Å². The number of amidine groups is 1. The van der Waals surface area contributed by atoms with Crippen molar-refractivity contribution in [3.8, 4) is 22.5 Å². The van der Waals surface area contributed by atoms with E-state index < -0.39 is 0 Å². The fraction of sp³-hybridized carbons (Fsp3) is 0.286. The van der Waals surface area contributed by atoms with Crippen molar-refractivity contribution in [3.63, 3.8) is 0 Å². The molecule has 0 aliphatic carbocycles. The topological polar surface area (TPSA) is 108 Å². The van der Waals surface area contributed by atoms with Crippen molar-refractivity contribution in [1.29, 1.82) is 0 Å². The van der Waals surface area contributed by atoms with Crippen LogP contribution in [0.15, 0.2) is 53.5 Å². The summed E-state index contributed by atoms with van der Waals surface area (Å²) in [6.45, 7) is 2.67. The van der Waals surface area contributed by atoms with Gasteiger partial charge in [-0.15, -0.1) is 5.10 Å². The third kappa shape index (κ3) is 4.98. The van der Waals surface area contributed by atoms with Crippen molar-refractivity contribution in [2.45, 2.75) is 25.3 Å². The lowest BCUT2D eigenvalue weighted by atomic mass is 9.98. The van der Waals surface area contributed by atoms with E-state index in [-0.39, 0.29) is 17.9 Å². The summed E-state index contributed by atoms with van der Waals surface area (Å²) in [5.74, 6) is 0.340. The third-order valence-corrected chi connectivity index (χ3v) is 6.02. The van der Waals surface area contributed by atoms with Crippen LogP contribution in [0.5, 0.6) is 0 Å². The van der Waals surface area contributed by atoms with Gasteiger partial charge in [-0.2, -0.15) is 4.99 Å². The fourth-order valence-corrected chi connectivity index (χ4v) is 4.27. The molecule has 0 saturated carbocycles. The third-order valence-electron chi connectivity index (χ3n) is 4.77. The number of benzene rings is 2. The number of thioether (sulfide) groups is 1. The Bertz CT molecular complexity index is 1050. The highest BCUT2D eigenvalue weighted by Gasteiger charge is 2.28. The lowest BCUT2D eigenvalue weighted by molar-refractivity contribution is -0.121. The molecule has 1 saturated heterocycles. The first-order valence-corrected chi connectivity index (χ1v) is 10.8. The van der Waals surface area contributed by atoms with Crippen LogP contribution in [0.1, 0.15) is 18.9 Å². The summed E-state index contributed by atoms with van der Waals surface area (Å²) < 4.78 is 4.89. The number of H-pyrrole nitrogens is 1. The van der Waals surface area contributed by atoms with E-state index in [0.717, 1.165) is 28.7 Å². The number of tetrazole rings is 1. The molecular weight excluding hydrogens is 414 g/mol. The molecular formula is C21H23N7O2S. The number of aromatic nitrogens is 4. The van der Waals surface area contributed by atoms with Crippen molar-refractivity contribution >= 4 is 22.8 Å². The molecule has 0 bridgehead atoms. The molecule has 1 aliphatic rings. The summed E-state index contributed by atoms with van der Waals surface area (Å²) in [5, 5.41) is 17.0. The number of carbonyl (C=O) groups excluding carboxylic acids is 1. The van der Waals surface area contributed by atoms with Gasteiger partial charge in [0.05, 0.1) is 11.9 Å². The summed E-state index contributed by atoms with van der Waals surface area (Å²) in [6, 6.07) is 16.3. The SMILES string of the molecule is CCC1NN(Cc2ccc(-c3ccccc3-c3nnn[nH]3)cc2)C(=NC(=O)COC)S1. The number of amides is 1. The number of methoxy groups -OCH3 is 1. The van der Waals surface area contributed by atoms with Crippen LogP contribution in [0.25, 0.3) is 22.5 Å². The number of carbonyl (C=O) groups is 1. The highest BCUT2D eigenvalue weighted by Crippen LogP contribution is 2.30. The second-order valence-electron chi connectivity index (χ2n) is 6.94. The molecule has 4 rings (SSSR count). The van der Waals surface area contributed by atoms with Crippen molar-refractivity contribution in [3.05, 3.63) is 54.1 Å². The molecule has 1 aromatic heterocycles. The first kappa shape index (κ1) is 21.2. The Hall–Kier alpha value is -3.08. The van der Waals surface area contributed by atoms with Crippen molar-refractivity contribution < 1.29 is 9.53 Å². The van der Waals surface area contributed by atoms with E-state index >= 15 is 0 Å². The molecule has 2 heterocycles. The number of hydrogen-bond acceptors (Lipinski definition) is 7. The lowest BCUT2D eigenvalue weighted by Crippen LogP contribution is -2.37. The summed E-state index contributed by atoms with van der Waals surface area (Å²) in [7, 11) is 1.49. The molecule has 2 aromatic carbocycles. The van der Waals surface area contributed by atoms with E-state index in [0.29, 0.717) is 17.5 Å². The maximum absolute atomic E-state index is 11.9. The second kappa shape index (κ2) is 9.82. The van der Waals surface area contributed by atoms with Gasteiger partial charge in [0, 0.05) is 12.7 Å². The van der Waals surface area contributed by atoms with Gasteiger partial charge < -0.3 is 4.74 Å². The molecule has 31 heavy (non-hydrogen) atoms. The average Bonchev–Trinajstić information content (AvgIpc) is 3.45. The van der Waals surface area contributed by atoms with Crippen LogP contribution in [0, 0.1) is 0 Å². The Kier molecular flexibility index (Phi) is 6.70. The molecule has 1 atom stereocenters. The Balaban J connectivity index is 1.53. The summed E-state index contributed by atoms with van der Waals surface area (Å²) in [6.07, 6.45) is 0.921. The Morgan fingerprint density at radius 1 is 1.19 bits per heavy atom. The number of aliphatic imine (C=N–C) groups is 1. The molecule has 1 unspecified atom stereocenters. The van der Waals surface area contributed by atoms with Gasteiger partial charge in [0.15, 0.2) is 11.0 Å². The highest BCUT2D eigenvalue weighted by atomic mass is 32.2. The predicted molar refractivity (Wildman–Crippen MR) is 120 cm³/mol. The number of hydrogen-bond donors (Lipinski definition) is 2. The molecule has 1 aliphatic heterocycles. The number of nitrogens with zero attached hydrogens (tertiary/aromatic N) is 5. The largest absolute Gasteiger partial charge is 0.375 e. The van der Waals surface area contributed by atoms with Gasteiger partial charge in [-0.05, 0) is 33.5 Å². The first-order valence-electron chi connectivity index (χ1n) is 9.91. The molecule has 160 valence electrons. The first-order chi connectivity index (χ1) is 15.2. The maximum Gasteiger partial charge on any atom is 0.274 e. The van der Waals surface area contributed by atoms with Crippen LogP contribution in [0.2, 0.25) is 0 Å². The van der Waals surface area contributed by atoms with Gasteiger partial charge in [-0.3, -0.25) is 9.80 Å². The minimum atomic E-state index is -0.289. The predicted octanol–water partition coefficient (Wildman–Crippen LogP) is 2.85. The molecule has 10 heteroatoms. The van der Waals surface area contributed by atoms with E-state index in [2.05, 4.69) is 62.2 Å². The van der Waals surface area contributed by atoms with E-state index in [1.807, 2.05) is 29.3 Å². The highest BCUT2D eigenvalue weighted by molar-refractivity contribution is 8.14. The summed E-state index contributed by atoms with van der Waals surface area (Å²) in [4.78, 5) is 16.1. The van der Waals surface area contributed by atoms with Gasteiger partial charge in [0.2, 0.25) is 0 Å². The van der Waals surface area contributed by atoms with Crippen LogP contribution in [0.4, 0.5) is 0 Å². The standard InChI is InChI=1S/C21H23N7O2S/c1-3-19-25-28(21(31-19)22-18(29)13-30-2)12-14-8-10-15(11-9-14)16-6-4-5-7-17(16)20-23-26-27-24-20/h4-11,19,25H,3,12-13H2,1-2H3,(H,23,24,26,27). The van der Waals surface area contributed by atoms with Gasteiger partial charge in [-0.25, -0.2) is 10.5 Å². The molecule has 1 fully saturated rings. The molecule has 0 spiro atoms. The van der Waals surface area contributed by atoms with E-state index in [1.54, 1.807) is 11.8 Å². The van der Waals surface area contributed by atoms with E-state index in [9.17, 15) is 4.79 Å². The van der Waals surface area contributed by atoms with Crippen LogP contribution < -0.4 is 5.43 Å². The van der Waals surface area contributed by atoms with E-state index in [4.69, 9.17) is 4.74 Å². The van der Waals surface area contributed by atoms with Crippen molar-refractivity contribution in [1.82, 2.24) is 31.1 Å². The normalized spacial score (nSPS) is 17.4. The fourth-order valence-electron chi connectivity index (χ4n) is 3.27. The monoisotopic (exact) mass is 437 g/mol. The van der Waals surface area contributed by atoms with Crippen LogP contribution >= 0.6 is 11.8 Å². The number of aromatic amines is 1. The lowest BCUT2D eigenvalue weighted by Gasteiger charge is -2.19. The minimum Gasteiger partial charge on any atom is -0.375 e. The minimum absolute atomic E-state index is 0.0243. The van der Waals surface area contributed by atoms with Gasteiger partial charge >= 0.3 is 0 Å². The van der Waals surface area contributed by atoms with Crippen LogP contribution in [0.3, 0.4) is 0 Å². The molecule has 3 aromatic rings. The van der Waals surface area contributed by atoms with Crippen molar-refractivity contribution in [2.75, 3.05) is 13.7 Å². The zero-order valence-electron chi connectivity index (χ0n) is 17.3. The van der Waals surface area contributed by atoms with Gasteiger partial charge in [0.1, 0.15) is 6.61 Å². The summed E-state index contributed by atoms with van der Waals surface area (Å²) in [5.41, 5.74) is 7.55. The molecule has 0 radical (unpaired) electrons. The number of nitrogens with one attached hydrogen (secondary N) is 2. The van der Waals surface area contributed by atoms with Gasteiger partial charge in [-0.1, -0.05) is 67.2 Å². The van der Waals surface area contributed by atoms with Crippen LogP contribution in [-0.2, 0) is 16.1 Å². The maximum atomic E-state index is 11.9. The summed E-state index contributed by atoms with van der Waals surface area (Å²) >= 11 is 1.56. The molecule has 2 N–H and O–H groups in total. The number of hydrazine groups is 1. The zero-order valence-corrected chi connectivity index (χ0v) is 18.1. The Morgan fingerprint density at radius 2 is 1.97 bits per heavy atom. The second-order valence-corrected chi connectivity index (χ2v) is 8.11. The molecule has 1 amide bonds. The van der Waals surface area contributed by atoms with E-state index in [1.165, 1.54) is 7.11 Å². The molecule has 9 nitrogen and oxygen atoms in total. The average molecular weight is 438 g/mol. The van der Waals surface area contributed by atoms with Gasteiger partial charge in [0.25, 0.3) is 5.91 Å². The quantitative estimate of drug-likeness (QED) is 0.581. The Morgan fingerprint density at radius 3 is 2.65 bits per heavy atom. The number of ether oxygens (including phenoxy) is 1.